The standard InChI is InChI=1S/C12H22N2O2S/c1-16-6-5-12(3-2-4-12)8-13-11(15)10-7-17-9-14-10/h10,14H,2-9H2,1H3,(H,13,15). The Labute approximate surface area is 107 Å². The molecule has 0 bridgehead atoms. The highest BCUT2D eigenvalue weighted by Gasteiger charge is 2.37. The van der Waals surface area contributed by atoms with Crippen molar-refractivity contribution in [3.05, 3.63) is 0 Å². The van der Waals surface area contributed by atoms with E-state index in [1.807, 2.05) is 0 Å². The maximum atomic E-state index is 11.9. The summed E-state index contributed by atoms with van der Waals surface area (Å²) in [6.07, 6.45) is 4.81. The van der Waals surface area contributed by atoms with Gasteiger partial charge in [-0.25, -0.2) is 0 Å². The molecule has 1 saturated heterocycles. The van der Waals surface area contributed by atoms with Crippen molar-refractivity contribution in [1.29, 1.82) is 0 Å². The van der Waals surface area contributed by atoms with Crippen LogP contribution in [0.4, 0.5) is 0 Å². The Bertz CT molecular complexity index is 263. The third-order valence-corrected chi connectivity index (χ3v) is 4.86. The van der Waals surface area contributed by atoms with Crippen molar-refractivity contribution in [2.45, 2.75) is 31.7 Å². The smallest absolute Gasteiger partial charge is 0.238 e. The molecule has 2 rings (SSSR count). The fourth-order valence-corrected chi connectivity index (χ4v) is 3.41. The van der Waals surface area contributed by atoms with Gasteiger partial charge in [-0.15, -0.1) is 11.8 Å². The van der Waals surface area contributed by atoms with E-state index < -0.39 is 0 Å². The zero-order valence-corrected chi connectivity index (χ0v) is 11.3. The Morgan fingerprint density at radius 3 is 2.94 bits per heavy atom. The maximum absolute atomic E-state index is 11.9. The number of amides is 1. The fraction of sp³-hybridized carbons (Fsp3) is 0.917. The average Bonchev–Trinajstić information content (AvgIpc) is 2.80. The highest BCUT2D eigenvalue weighted by molar-refractivity contribution is 7.99. The Morgan fingerprint density at radius 2 is 2.41 bits per heavy atom. The highest BCUT2D eigenvalue weighted by Crippen LogP contribution is 2.43. The molecule has 2 fully saturated rings. The van der Waals surface area contributed by atoms with E-state index in [2.05, 4.69) is 10.6 Å². The first-order valence-corrected chi connectivity index (χ1v) is 7.49. The summed E-state index contributed by atoms with van der Waals surface area (Å²) in [5.74, 6) is 1.96. The molecule has 0 aromatic heterocycles. The van der Waals surface area contributed by atoms with Crippen molar-refractivity contribution in [2.24, 2.45) is 5.41 Å². The lowest BCUT2D eigenvalue weighted by atomic mass is 9.66. The summed E-state index contributed by atoms with van der Waals surface area (Å²) in [5.41, 5.74) is 0.317. The molecular formula is C12H22N2O2S. The fourth-order valence-electron chi connectivity index (χ4n) is 2.47. The van der Waals surface area contributed by atoms with Crippen LogP contribution in [0.25, 0.3) is 0 Å². The molecule has 2 N–H and O–H groups in total. The van der Waals surface area contributed by atoms with Gasteiger partial charge in [0.15, 0.2) is 0 Å². The lowest BCUT2D eigenvalue weighted by Crippen LogP contribution is -2.48. The first-order valence-electron chi connectivity index (χ1n) is 6.34. The number of carbonyl (C=O) groups excluding carboxylic acids is 1. The van der Waals surface area contributed by atoms with Crippen molar-refractivity contribution in [2.75, 3.05) is 31.9 Å². The molecule has 1 saturated carbocycles. The SMILES string of the molecule is COCCC1(CNC(=O)C2CSCN2)CCC1. The molecule has 5 heteroatoms. The number of hydrogen-bond acceptors (Lipinski definition) is 4. The molecule has 98 valence electrons. The molecule has 0 spiro atoms. The minimum atomic E-state index is 0.0135. The number of nitrogens with one attached hydrogen (secondary N) is 2. The topological polar surface area (TPSA) is 50.4 Å². The molecule has 1 amide bonds. The Balaban J connectivity index is 1.73. The van der Waals surface area contributed by atoms with Crippen LogP contribution in [0.5, 0.6) is 0 Å². The first-order chi connectivity index (χ1) is 8.26. The van der Waals surface area contributed by atoms with Gasteiger partial charge >= 0.3 is 0 Å². The van der Waals surface area contributed by atoms with E-state index in [1.54, 1.807) is 18.9 Å². The summed E-state index contributed by atoms with van der Waals surface area (Å²) >= 11 is 1.79. The molecule has 17 heavy (non-hydrogen) atoms. The molecule has 0 aromatic carbocycles. The zero-order valence-electron chi connectivity index (χ0n) is 10.5. The summed E-state index contributed by atoms with van der Waals surface area (Å²) in [5, 5.41) is 6.30. The van der Waals surface area contributed by atoms with Gasteiger partial charge in [-0.3, -0.25) is 10.1 Å². The van der Waals surface area contributed by atoms with E-state index in [0.717, 1.165) is 31.2 Å². The molecule has 0 aromatic rings. The second kappa shape index (κ2) is 6.07. The van der Waals surface area contributed by atoms with E-state index in [1.165, 1.54) is 19.3 Å². The molecule has 2 aliphatic rings. The average molecular weight is 258 g/mol. The van der Waals surface area contributed by atoms with Gasteiger partial charge in [0.25, 0.3) is 0 Å². The van der Waals surface area contributed by atoms with Crippen molar-refractivity contribution >= 4 is 17.7 Å². The Morgan fingerprint density at radius 1 is 1.59 bits per heavy atom. The van der Waals surface area contributed by atoms with Gasteiger partial charge in [-0.1, -0.05) is 6.42 Å². The molecule has 1 heterocycles. The van der Waals surface area contributed by atoms with E-state index in [4.69, 9.17) is 4.74 Å². The van der Waals surface area contributed by atoms with Gasteiger partial charge in [0, 0.05) is 31.9 Å². The van der Waals surface area contributed by atoms with Crippen LogP contribution in [0.1, 0.15) is 25.7 Å². The zero-order chi connectivity index (χ0) is 12.1. The second-order valence-electron chi connectivity index (χ2n) is 5.09. The van der Waals surface area contributed by atoms with Crippen LogP contribution < -0.4 is 10.6 Å². The predicted octanol–water partition coefficient (Wildman–Crippen LogP) is 0.972. The van der Waals surface area contributed by atoms with Crippen LogP contribution in [0.15, 0.2) is 0 Å². The van der Waals surface area contributed by atoms with E-state index in [-0.39, 0.29) is 11.9 Å². The highest BCUT2D eigenvalue weighted by atomic mass is 32.2. The third-order valence-electron chi connectivity index (χ3n) is 3.92. The van der Waals surface area contributed by atoms with Gasteiger partial charge < -0.3 is 10.1 Å². The van der Waals surface area contributed by atoms with E-state index >= 15 is 0 Å². The quantitative estimate of drug-likeness (QED) is 0.745. The number of ether oxygens (including phenoxy) is 1. The van der Waals surface area contributed by atoms with Gasteiger partial charge in [0.2, 0.25) is 5.91 Å². The molecule has 1 aliphatic carbocycles. The monoisotopic (exact) mass is 258 g/mol. The van der Waals surface area contributed by atoms with Gasteiger partial charge in [-0.2, -0.15) is 0 Å². The number of hydrogen-bond donors (Lipinski definition) is 2. The Hall–Kier alpha value is -0.260. The lowest BCUT2D eigenvalue weighted by Gasteiger charge is -2.42. The minimum absolute atomic E-state index is 0.0135. The molecule has 1 aliphatic heterocycles. The predicted molar refractivity (Wildman–Crippen MR) is 70.0 cm³/mol. The lowest BCUT2D eigenvalue weighted by molar-refractivity contribution is -0.123. The molecule has 1 atom stereocenters. The Kier molecular flexibility index (Phi) is 4.70. The van der Waals surface area contributed by atoms with Crippen LogP contribution in [0.2, 0.25) is 0 Å². The number of rotatable bonds is 6. The molecule has 1 unspecified atom stereocenters. The molecule has 4 nitrogen and oxygen atoms in total. The molecule has 0 radical (unpaired) electrons. The summed E-state index contributed by atoms with van der Waals surface area (Å²) in [7, 11) is 1.74. The van der Waals surface area contributed by atoms with Crippen molar-refractivity contribution in [1.82, 2.24) is 10.6 Å². The van der Waals surface area contributed by atoms with Gasteiger partial charge in [0.05, 0.1) is 6.04 Å². The summed E-state index contributed by atoms with van der Waals surface area (Å²) < 4.78 is 5.15. The van der Waals surface area contributed by atoms with Gasteiger partial charge in [0.1, 0.15) is 0 Å². The summed E-state index contributed by atoms with van der Waals surface area (Å²) in [6, 6.07) is 0.0135. The number of thioether (sulfide) groups is 1. The van der Waals surface area contributed by atoms with Crippen LogP contribution in [0, 0.1) is 5.41 Å². The van der Waals surface area contributed by atoms with Crippen LogP contribution >= 0.6 is 11.8 Å². The first kappa shape index (κ1) is 13.2. The van der Waals surface area contributed by atoms with E-state index in [9.17, 15) is 4.79 Å². The largest absolute Gasteiger partial charge is 0.385 e. The third kappa shape index (κ3) is 3.36. The minimum Gasteiger partial charge on any atom is -0.385 e. The van der Waals surface area contributed by atoms with Crippen LogP contribution in [-0.2, 0) is 9.53 Å². The van der Waals surface area contributed by atoms with Crippen LogP contribution in [0.3, 0.4) is 0 Å². The second-order valence-corrected chi connectivity index (χ2v) is 6.12. The van der Waals surface area contributed by atoms with Crippen molar-refractivity contribution in [3.8, 4) is 0 Å². The summed E-state index contributed by atoms with van der Waals surface area (Å²) in [6.45, 7) is 1.62. The van der Waals surface area contributed by atoms with Gasteiger partial charge in [-0.05, 0) is 24.7 Å². The van der Waals surface area contributed by atoms with Crippen molar-refractivity contribution in [3.63, 3.8) is 0 Å². The van der Waals surface area contributed by atoms with Crippen LogP contribution in [-0.4, -0.2) is 43.8 Å². The molecular weight excluding hydrogens is 236 g/mol. The summed E-state index contributed by atoms with van der Waals surface area (Å²) in [4.78, 5) is 11.9. The van der Waals surface area contributed by atoms with E-state index in [0.29, 0.717) is 5.41 Å². The number of carbonyl (C=O) groups is 1. The van der Waals surface area contributed by atoms with Crippen molar-refractivity contribution < 1.29 is 9.53 Å². The normalized spacial score (nSPS) is 26.5. The number of methoxy groups -OCH3 is 1. The maximum Gasteiger partial charge on any atom is 0.238 e.